The molecule has 18 heavy (non-hydrogen) atoms. The number of benzene rings is 1. The second-order valence-electron chi connectivity index (χ2n) is 3.28. The Morgan fingerprint density at radius 2 is 2.11 bits per heavy atom. The third kappa shape index (κ3) is 3.63. The zero-order valence-electron chi connectivity index (χ0n) is 9.84. The molecule has 0 N–H and O–H groups in total. The molecule has 0 aliphatic heterocycles. The van der Waals surface area contributed by atoms with Gasteiger partial charge in [0.15, 0.2) is 8.68 Å². The number of hydrogen-bond donors (Lipinski definition) is 0. The lowest BCUT2D eigenvalue weighted by Gasteiger charge is -2.07. The number of hydrogen-bond acceptors (Lipinski definition) is 6. The predicted octanol–water partition coefficient (Wildman–Crippen LogP) is 4.32. The molecule has 0 unspecified atom stereocenters. The molecular formula is C11H11BrN2OS3. The highest BCUT2D eigenvalue weighted by atomic mass is 79.9. The van der Waals surface area contributed by atoms with E-state index >= 15 is 0 Å². The van der Waals surface area contributed by atoms with Crippen molar-refractivity contribution in [2.24, 2.45) is 0 Å². The Morgan fingerprint density at radius 1 is 1.33 bits per heavy atom. The van der Waals surface area contributed by atoms with E-state index in [1.165, 1.54) is 0 Å². The smallest absolute Gasteiger partial charge is 0.175 e. The zero-order chi connectivity index (χ0) is 13.0. The maximum absolute atomic E-state index is 5.34. The van der Waals surface area contributed by atoms with Crippen LogP contribution in [0, 0.1) is 0 Å². The Morgan fingerprint density at radius 3 is 2.78 bits per heavy atom. The first-order valence-corrected chi connectivity index (χ1v) is 8.87. The fraction of sp³-hybridized carbons (Fsp3) is 0.273. The van der Waals surface area contributed by atoms with Crippen molar-refractivity contribution in [2.75, 3.05) is 13.4 Å². The number of thioether (sulfide) groups is 2. The van der Waals surface area contributed by atoms with Crippen molar-refractivity contribution >= 4 is 50.8 Å². The Kier molecular flexibility index (Phi) is 5.35. The highest BCUT2D eigenvalue weighted by molar-refractivity contribution is 9.10. The van der Waals surface area contributed by atoms with Gasteiger partial charge in [-0.3, -0.25) is 0 Å². The average Bonchev–Trinajstić information content (AvgIpc) is 2.84. The quantitative estimate of drug-likeness (QED) is 0.739. The summed E-state index contributed by atoms with van der Waals surface area (Å²) in [7, 11) is 1.69. The number of rotatable bonds is 5. The van der Waals surface area contributed by atoms with Crippen LogP contribution in [0.25, 0.3) is 0 Å². The SMILES string of the molecule is COc1ccc(Br)cc1CSc1nnc(SC)s1. The van der Waals surface area contributed by atoms with Gasteiger partial charge in [0.1, 0.15) is 5.75 Å². The summed E-state index contributed by atoms with van der Waals surface area (Å²) in [6.07, 6.45) is 2.01. The van der Waals surface area contributed by atoms with Crippen LogP contribution in [-0.4, -0.2) is 23.6 Å². The molecule has 1 aromatic carbocycles. The Bertz CT molecular complexity index is 533. The van der Waals surface area contributed by atoms with Crippen LogP contribution in [0.3, 0.4) is 0 Å². The van der Waals surface area contributed by atoms with Crippen LogP contribution in [0.4, 0.5) is 0 Å². The van der Waals surface area contributed by atoms with Gasteiger partial charge in [-0.25, -0.2) is 0 Å². The van der Waals surface area contributed by atoms with Gasteiger partial charge in [-0.15, -0.1) is 10.2 Å². The van der Waals surface area contributed by atoms with E-state index in [2.05, 4.69) is 32.2 Å². The zero-order valence-corrected chi connectivity index (χ0v) is 13.9. The minimum atomic E-state index is 0.825. The molecule has 0 fully saturated rings. The third-order valence-corrected chi connectivity index (χ3v) is 5.73. The van der Waals surface area contributed by atoms with Crippen molar-refractivity contribution in [3.05, 3.63) is 28.2 Å². The summed E-state index contributed by atoms with van der Waals surface area (Å²) in [6.45, 7) is 0. The van der Waals surface area contributed by atoms with Gasteiger partial charge in [0.05, 0.1) is 7.11 Å². The lowest BCUT2D eigenvalue weighted by atomic mass is 10.2. The minimum Gasteiger partial charge on any atom is -0.496 e. The van der Waals surface area contributed by atoms with E-state index < -0.39 is 0 Å². The van der Waals surface area contributed by atoms with Gasteiger partial charge in [0.2, 0.25) is 0 Å². The van der Waals surface area contributed by atoms with Crippen LogP contribution in [-0.2, 0) is 5.75 Å². The van der Waals surface area contributed by atoms with Crippen LogP contribution in [0.2, 0.25) is 0 Å². The summed E-state index contributed by atoms with van der Waals surface area (Å²) in [5.74, 6) is 1.73. The monoisotopic (exact) mass is 362 g/mol. The molecule has 0 radical (unpaired) electrons. The first-order chi connectivity index (χ1) is 8.72. The maximum atomic E-state index is 5.34. The van der Waals surface area contributed by atoms with E-state index in [-0.39, 0.29) is 0 Å². The Hall–Kier alpha value is -0.240. The van der Waals surface area contributed by atoms with Gasteiger partial charge in [-0.2, -0.15) is 0 Å². The number of methoxy groups -OCH3 is 1. The highest BCUT2D eigenvalue weighted by Crippen LogP contribution is 2.33. The van der Waals surface area contributed by atoms with Gasteiger partial charge in [0.25, 0.3) is 0 Å². The van der Waals surface area contributed by atoms with E-state index in [1.807, 2.05) is 18.4 Å². The van der Waals surface area contributed by atoms with Crippen LogP contribution in [0.5, 0.6) is 5.75 Å². The third-order valence-electron chi connectivity index (χ3n) is 2.16. The highest BCUT2D eigenvalue weighted by Gasteiger charge is 2.08. The van der Waals surface area contributed by atoms with E-state index in [1.54, 1.807) is 42.0 Å². The summed E-state index contributed by atoms with van der Waals surface area (Å²) in [5.41, 5.74) is 1.15. The lowest BCUT2D eigenvalue weighted by molar-refractivity contribution is 0.411. The summed E-state index contributed by atoms with van der Waals surface area (Å²) in [6, 6.07) is 6.01. The Balaban J connectivity index is 2.07. The molecule has 0 spiro atoms. The average molecular weight is 363 g/mol. The first kappa shape index (κ1) is 14.2. The number of aromatic nitrogens is 2. The second kappa shape index (κ2) is 6.79. The molecule has 0 atom stereocenters. The minimum absolute atomic E-state index is 0.825. The van der Waals surface area contributed by atoms with Crippen molar-refractivity contribution in [1.82, 2.24) is 10.2 Å². The van der Waals surface area contributed by atoms with Gasteiger partial charge in [0, 0.05) is 15.8 Å². The molecule has 0 saturated carbocycles. The van der Waals surface area contributed by atoms with Crippen LogP contribution < -0.4 is 4.74 Å². The van der Waals surface area contributed by atoms with Gasteiger partial charge in [-0.1, -0.05) is 50.8 Å². The molecule has 3 nitrogen and oxygen atoms in total. The first-order valence-electron chi connectivity index (χ1n) is 5.05. The standard InChI is InChI=1S/C11H11BrN2OS3/c1-15-9-4-3-8(12)5-7(9)6-17-11-14-13-10(16-2)18-11/h3-5H,6H2,1-2H3. The molecule has 1 heterocycles. The molecule has 2 rings (SSSR count). The molecule has 0 bridgehead atoms. The summed E-state index contributed by atoms with van der Waals surface area (Å²) in [4.78, 5) is 0. The fourth-order valence-electron chi connectivity index (χ4n) is 1.34. The van der Waals surface area contributed by atoms with Crippen molar-refractivity contribution in [3.63, 3.8) is 0 Å². The normalized spacial score (nSPS) is 10.6. The van der Waals surface area contributed by atoms with Gasteiger partial charge >= 0.3 is 0 Å². The number of halogens is 1. The molecule has 0 saturated heterocycles. The summed E-state index contributed by atoms with van der Waals surface area (Å²) in [5, 5.41) is 8.22. The molecule has 0 aliphatic carbocycles. The Labute approximate surface area is 127 Å². The molecule has 0 amide bonds. The largest absolute Gasteiger partial charge is 0.496 e. The van der Waals surface area contributed by atoms with Crippen LogP contribution >= 0.6 is 50.8 Å². The molecule has 2 aromatic rings. The predicted molar refractivity (Wildman–Crippen MR) is 81.9 cm³/mol. The van der Waals surface area contributed by atoms with E-state index in [4.69, 9.17) is 4.74 Å². The van der Waals surface area contributed by atoms with Crippen molar-refractivity contribution in [2.45, 2.75) is 14.4 Å². The van der Waals surface area contributed by atoms with Crippen LogP contribution in [0.15, 0.2) is 31.4 Å². The lowest BCUT2D eigenvalue weighted by Crippen LogP contribution is -1.90. The summed E-state index contributed by atoms with van der Waals surface area (Å²) >= 11 is 8.39. The fourth-order valence-corrected chi connectivity index (χ4v) is 4.16. The van der Waals surface area contributed by atoms with Gasteiger partial charge in [-0.05, 0) is 24.5 Å². The van der Waals surface area contributed by atoms with E-state index in [9.17, 15) is 0 Å². The molecule has 0 aliphatic rings. The number of nitrogens with zero attached hydrogens (tertiary/aromatic N) is 2. The van der Waals surface area contributed by atoms with Crippen molar-refractivity contribution < 1.29 is 4.74 Å². The summed E-state index contributed by atoms with van der Waals surface area (Å²) < 4.78 is 8.39. The topological polar surface area (TPSA) is 35.0 Å². The molecular weight excluding hydrogens is 352 g/mol. The van der Waals surface area contributed by atoms with E-state index in [0.29, 0.717) is 0 Å². The molecule has 1 aromatic heterocycles. The maximum Gasteiger partial charge on any atom is 0.175 e. The van der Waals surface area contributed by atoms with Crippen molar-refractivity contribution in [1.29, 1.82) is 0 Å². The number of ether oxygens (including phenoxy) is 1. The van der Waals surface area contributed by atoms with E-state index in [0.717, 1.165) is 30.2 Å². The molecule has 96 valence electrons. The molecule has 7 heteroatoms. The van der Waals surface area contributed by atoms with Crippen molar-refractivity contribution in [3.8, 4) is 5.75 Å². The second-order valence-corrected chi connectivity index (χ2v) is 7.45. The van der Waals surface area contributed by atoms with Gasteiger partial charge < -0.3 is 4.74 Å². The van der Waals surface area contributed by atoms with Crippen LogP contribution in [0.1, 0.15) is 5.56 Å².